The molecule has 1 fully saturated rings. The van der Waals surface area contributed by atoms with Gasteiger partial charge in [0, 0.05) is 27.9 Å². The number of rotatable bonds is 8. The monoisotopic (exact) mass is 536 g/mol. The third-order valence-corrected chi connectivity index (χ3v) is 10.00. The van der Waals surface area contributed by atoms with E-state index in [0.29, 0.717) is 16.3 Å². The van der Waals surface area contributed by atoms with E-state index in [4.69, 9.17) is 4.98 Å². The van der Waals surface area contributed by atoms with Crippen LogP contribution < -0.4 is 0 Å². The summed E-state index contributed by atoms with van der Waals surface area (Å²) < 4.78 is 0. The minimum Gasteiger partial charge on any atom is -0.388 e. The first-order chi connectivity index (χ1) is 18.6. The van der Waals surface area contributed by atoms with Gasteiger partial charge in [-0.05, 0) is 37.0 Å². The van der Waals surface area contributed by atoms with E-state index < -0.39 is 5.60 Å². The minimum absolute atomic E-state index is 0.156. The van der Waals surface area contributed by atoms with Crippen LogP contribution in [0.15, 0.2) is 96.0 Å². The van der Waals surface area contributed by atoms with Gasteiger partial charge in [-0.15, -0.1) is 11.8 Å². The van der Waals surface area contributed by atoms with E-state index in [1.54, 1.807) is 0 Å². The molecule has 2 unspecified atom stereocenters. The van der Waals surface area contributed by atoms with Gasteiger partial charge in [-0.3, -0.25) is 0 Å². The number of aromatic nitrogens is 1. The second kappa shape index (κ2) is 12.2. The largest absolute Gasteiger partial charge is 0.388 e. The zero-order chi connectivity index (χ0) is 26.4. The zero-order valence-corrected chi connectivity index (χ0v) is 23.3. The summed E-state index contributed by atoms with van der Waals surface area (Å²) in [5, 5.41) is 23.0. The molecule has 0 aliphatic heterocycles. The molecular weight excluding hydrogens is 505 g/mol. The molecular formula is C33H32N2OS2. The number of hydrogen-bond donors (Lipinski definition) is 1. The van der Waals surface area contributed by atoms with E-state index in [1.807, 2.05) is 54.2 Å². The molecule has 1 aromatic heterocycles. The lowest BCUT2D eigenvalue weighted by molar-refractivity contribution is 0.0339. The van der Waals surface area contributed by atoms with Crippen LogP contribution in [0.4, 0.5) is 0 Å². The molecule has 5 rings (SSSR count). The van der Waals surface area contributed by atoms with Crippen LogP contribution in [0.5, 0.6) is 0 Å². The Balaban J connectivity index is 1.45. The molecule has 4 aromatic rings. The number of aliphatic hydroxyl groups is 1. The molecule has 0 amide bonds. The highest BCUT2D eigenvalue weighted by Crippen LogP contribution is 2.42. The fraction of sp³-hybridized carbons (Fsp3) is 0.273. The fourth-order valence-electron chi connectivity index (χ4n) is 5.01. The molecule has 3 nitrogen and oxygen atoms in total. The number of hydrogen-bond acceptors (Lipinski definition) is 5. The quantitative estimate of drug-likeness (QED) is 0.230. The summed E-state index contributed by atoms with van der Waals surface area (Å²) in [6.45, 7) is 2.06. The molecule has 38 heavy (non-hydrogen) atoms. The Bertz CT molecular complexity index is 1400. The van der Waals surface area contributed by atoms with Gasteiger partial charge in [-0.1, -0.05) is 103 Å². The first kappa shape index (κ1) is 26.6. The Labute approximate surface area is 234 Å². The zero-order valence-electron chi connectivity index (χ0n) is 21.6. The van der Waals surface area contributed by atoms with E-state index in [-0.39, 0.29) is 5.25 Å². The average molecular weight is 537 g/mol. The maximum absolute atomic E-state index is 11.9. The van der Waals surface area contributed by atoms with Gasteiger partial charge in [0.2, 0.25) is 0 Å². The molecule has 1 aliphatic rings. The predicted molar refractivity (Wildman–Crippen MR) is 160 cm³/mol. The van der Waals surface area contributed by atoms with Crippen molar-refractivity contribution in [3.8, 4) is 28.5 Å². The van der Waals surface area contributed by atoms with Crippen LogP contribution in [-0.4, -0.2) is 26.7 Å². The maximum atomic E-state index is 11.9. The summed E-state index contributed by atoms with van der Waals surface area (Å²) in [5.74, 6) is 1.41. The molecule has 2 atom stereocenters. The lowest BCUT2D eigenvalue weighted by Crippen LogP contribution is -2.45. The predicted octanol–water partition coefficient (Wildman–Crippen LogP) is 8.29. The number of thioether (sulfide) groups is 2. The summed E-state index contributed by atoms with van der Waals surface area (Å²) in [7, 11) is 0. The molecule has 3 aromatic carbocycles. The Hall–Kier alpha value is -3.04. The van der Waals surface area contributed by atoms with Crippen molar-refractivity contribution in [2.45, 2.75) is 54.2 Å². The first-order valence-electron chi connectivity index (χ1n) is 13.1. The average Bonchev–Trinajstić information content (AvgIpc) is 2.96. The van der Waals surface area contributed by atoms with E-state index in [9.17, 15) is 10.4 Å². The second-order valence-electron chi connectivity index (χ2n) is 10.0. The van der Waals surface area contributed by atoms with Crippen LogP contribution in [0.3, 0.4) is 0 Å². The Morgan fingerprint density at radius 1 is 0.947 bits per heavy atom. The van der Waals surface area contributed by atoms with Crippen LogP contribution in [0, 0.1) is 18.3 Å². The SMILES string of the molecule is Cc1ccc(-c2cc(-c3ccccc3)nc(SCC3(O)CCCCC3SCc3ccccc3)c2C#N)cc1. The summed E-state index contributed by atoms with van der Waals surface area (Å²) in [4.78, 5) is 4.97. The van der Waals surface area contributed by atoms with Gasteiger partial charge in [0.15, 0.2) is 0 Å². The van der Waals surface area contributed by atoms with E-state index in [0.717, 1.165) is 53.8 Å². The minimum atomic E-state index is -0.802. The molecule has 0 saturated heterocycles. The molecule has 5 heteroatoms. The number of aryl methyl sites for hydroxylation is 1. The lowest BCUT2D eigenvalue weighted by atomic mass is 9.86. The molecule has 1 heterocycles. The highest BCUT2D eigenvalue weighted by Gasteiger charge is 2.39. The van der Waals surface area contributed by atoms with Gasteiger partial charge in [-0.25, -0.2) is 4.98 Å². The van der Waals surface area contributed by atoms with Crippen molar-refractivity contribution in [2.75, 3.05) is 5.75 Å². The van der Waals surface area contributed by atoms with Gasteiger partial charge in [0.05, 0.1) is 16.9 Å². The van der Waals surface area contributed by atoms with E-state index in [2.05, 4.69) is 61.5 Å². The maximum Gasteiger partial charge on any atom is 0.115 e. The molecule has 192 valence electrons. The molecule has 1 N–H and O–H groups in total. The van der Waals surface area contributed by atoms with E-state index >= 15 is 0 Å². The summed E-state index contributed by atoms with van der Waals surface area (Å²) in [5.41, 5.74) is 5.97. The van der Waals surface area contributed by atoms with Crippen LogP contribution >= 0.6 is 23.5 Å². The normalized spacial score (nSPS) is 19.1. The summed E-state index contributed by atoms with van der Waals surface area (Å²) >= 11 is 3.38. The Morgan fingerprint density at radius 3 is 2.37 bits per heavy atom. The Kier molecular flexibility index (Phi) is 8.54. The standard InChI is InChI=1S/C33H32N2OS2/c1-24-15-17-26(18-16-24)28-20-30(27-12-6-3-7-13-27)35-32(29(28)21-34)38-23-33(36)19-9-8-14-31(33)37-22-25-10-4-2-5-11-25/h2-7,10-13,15-18,20,31,36H,8-9,14,19,22-23H2,1H3. The van der Waals surface area contributed by atoms with Gasteiger partial charge in [0.25, 0.3) is 0 Å². The van der Waals surface area contributed by atoms with Crippen LogP contribution in [-0.2, 0) is 5.75 Å². The smallest absolute Gasteiger partial charge is 0.115 e. The number of pyridine rings is 1. The second-order valence-corrected chi connectivity index (χ2v) is 12.2. The first-order valence-corrected chi connectivity index (χ1v) is 15.2. The highest BCUT2D eigenvalue weighted by atomic mass is 32.2. The Morgan fingerprint density at radius 2 is 1.66 bits per heavy atom. The number of benzene rings is 3. The van der Waals surface area contributed by atoms with Gasteiger partial charge in [0.1, 0.15) is 11.1 Å². The highest BCUT2D eigenvalue weighted by molar-refractivity contribution is 8.00. The van der Waals surface area contributed by atoms with Crippen molar-refractivity contribution in [1.82, 2.24) is 4.98 Å². The van der Waals surface area contributed by atoms with Crippen molar-refractivity contribution >= 4 is 23.5 Å². The van der Waals surface area contributed by atoms with Gasteiger partial charge >= 0.3 is 0 Å². The van der Waals surface area contributed by atoms with Crippen molar-refractivity contribution < 1.29 is 5.11 Å². The molecule has 0 bridgehead atoms. The third-order valence-electron chi connectivity index (χ3n) is 7.21. The number of nitrogens with zero attached hydrogens (tertiary/aromatic N) is 2. The summed E-state index contributed by atoms with van der Waals surface area (Å²) in [6.07, 6.45) is 3.95. The molecule has 0 spiro atoms. The lowest BCUT2D eigenvalue weighted by Gasteiger charge is -2.39. The topological polar surface area (TPSA) is 56.9 Å². The fourth-order valence-corrected chi connectivity index (χ4v) is 7.74. The van der Waals surface area contributed by atoms with Gasteiger partial charge < -0.3 is 5.11 Å². The van der Waals surface area contributed by atoms with Crippen molar-refractivity contribution in [3.63, 3.8) is 0 Å². The van der Waals surface area contributed by atoms with Crippen LogP contribution in [0.25, 0.3) is 22.4 Å². The van der Waals surface area contributed by atoms with Crippen LogP contribution in [0.2, 0.25) is 0 Å². The third kappa shape index (κ3) is 6.15. The van der Waals surface area contributed by atoms with E-state index in [1.165, 1.54) is 22.9 Å². The van der Waals surface area contributed by atoms with Crippen molar-refractivity contribution in [1.29, 1.82) is 5.26 Å². The molecule has 1 saturated carbocycles. The van der Waals surface area contributed by atoms with Crippen molar-refractivity contribution in [2.24, 2.45) is 0 Å². The van der Waals surface area contributed by atoms with Gasteiger partial charge in [-0.2, -0.15) is 17.0 Å². The van der Waals surface area contributed by atoms with Crippen LogP contribution in [0.1, 0.15) is 42.4 Å². The molecule has 1 aliphatic carbocycles. The number of nitriles is 1. The molecule has 0 radical (unpaired) electrons. The summed E-state index contributed by atoms with van der Waals surface area (Å²) in [6, 6.07) is 33.3. The van der Waals surface area contributed by atoms with Crippen molar-refractivity contribution in [3.05, 3.63) is 108 Å².